The summed E-state index contributed by atoms with van der Waals surface area (Å²) in [6.07, 6.45) is 0. The number of carbonyl (C=O) groups excluding carboxylic acids is 1. The van der Waals surface area contributed by atoms with Gasteiger partial charge in [0, 0.05) is 17.3 Å². The summed E-state index contributed by atoms with van der Waals surface area (Å²) in [6.45, 7) is 4.04. The zero-order valence-corrected chi connectivity index (χ0v) is 19.5. The van der Waals surface area contributed by atoms with Gasteiger partial charge in [-0.05, 0) is 79.7 Å². The molecule has 0 bridgehead atoms. The fraction of sp³-hybridized carbons (Fsp3) is 0.160. The third-order valence-corrected chi connectivity index (χ3v) is 5.29. The maximum atomic E-state index is 12.6. The maximum Gasteiger partial charge on any atom is 0.261 e. The number of methoxy groups -OCH3 is 2. The lowest BCUT2D eigenvalue weighted by Crippen LogP contribution is -2.34. The number of thiocarbonyl (C=S) groups is 1. The van der Waals surface area contributed by atoms with Crippen molar-refractivity contribution in [3.63, 3.8) is 0 Å². The highest BCUT2D eigenvalue weighted by molar-refractivity contribution is 7.80. The van der Waals surface area contributed by atoms with Crippen molar-refractivity contribution in [3.8, 4) is 23.0 Å². The summed E-state index contributed by atoms with van der Waals surface area (Å²) < 4.78 is 16.4. The van der Waals surface area contributed by atoms with E-state index in [0.717, 1.165) is 27.8 Å². The number of fused-ring (bicyclic) bond motifs is 1. The van der Waals surface area contributed by atoms with E-state index >= 15 is 0 Å². The van der Waals surface area contributed by atoms with Crippen molar-refractivity contribution in [1.29, 1.82) is 0 Å². The number of rotatable bonds is 5. The first-order chi connectivity index (χ1) is 15.9. The number of benzene rings is 3. The molecular weight excluding hydrogens is 438 g/mol. The van der Waals surface area contributed by atoms with Crippen LogP contribution in [-0.2, 0) is 0 Å². The molecule has 0 spiro atoms. The molecule has 4 aromatic rings. The van der Waals surface area contributed by atoms with E-state index < -0.39 is 0 Å². The van der Waals surface area contributed by atoms with Gasteiger partial charge in [-0.1, -0.05) is 6.07 Å². The smallest absolute Gasteiger partial charge is 0.261 e. The number of aromatic nitrogens is 1. The summed E-state index contributed by atoms with van der Waals surface area (Å²) in [4.78, 5) is 17.2. The van der Waals surface area contributed by atoms with Crippen molar-refractivity contribution in [3.05, 3.63) is 71.3 Å². The van der Waals surface area contributed by atoms with Gasteiger partial charge in [0.1, 0.15) is 17.0 Å². The molecule has 0 unspecified atom stereocenters. The molecule has 8 heteroatoms. The predicted molar refractivity (Wildman–Crippen MR) is 132 cm³/mol. The Morgan fingerprint density at radius 1 is 1.00 bits per heavy atom. The normalized spacial score (nSPS) is 10.7. The third-order valence-electron chi connectivity index (χ3n) is 5.09. The van der Waals surface area contributed by atoms with E-state index in [-0.39, 0.29) is 11.0 Å². The largest absolute Gasteiger partial charge is 0.497 e. The zero-order valence-electron chi connectivity index (χ0n) is 18.7. The molecule has 2 N–H and O–H groups in total. The quantitative estimate of drug-likeness (QED) is 0.392. The Morgan fingerprint density at radius 3 is 2.45 bits per heavy atom. The van der Waals surface area contributed by atoms with E-state index in [4.69, 9.17) is 26.1 Å². The van der Waals surface area contributed by atoms with Crippen molar-refractivity contribution in [2.45, 2.75) is 13.8 Å². The molecule has 0 saturated heterocycles. The van der Waals surface area contributed by atoms with E-state index in [2.05, 4.69) is 21.7 Å². The molecule has 7 nitrogen and oxygen atoms in total. The number of hydrogen-bond donors (Lipinski definition) is 2. The van der Waals surface area contributed by atoms with Crippen molar-refractivity contribution < 1.29 is 18.7 Å². The SMILES string of the molecule is COc1ccc(C(=O)NC(=S)Nc2ccc(-c3nc4cc(C)cc(C)c4o3)cc2)c(OC)c1. The van der Waals surface area contributed by atoms with Gasteiger partial charge in [0.2, 0.25) is 5.89 Å². The number of anilines is 1. The molecule has 0 aliphatic carbocycles. The number of nitrogens with zero attached hydrogens (tertiary/aromatic N) is 1. The molecule has 0 atom stereocenters. The lowest BCUT2D eigenvalue weighted by Gasteiger charge is -2.12. The van der Waals surface area contributed by atoms with Crippen LogP contribution in [0.5, 0.6) is 11.5 Å². The van der Waals surface area contributed by atoms with Crippen molar-refractivity contribution in [2.75, 3.05) is 19.5 Å². The molecule has 0 aliphatic heterocycles. The predicted octanol–water partition coefficient (Wildman–Crippen LogP) is 5.26. The fourth-order valence-electron chi connectivity index (χ4n) is 3.52. The summed E-state index contributed by atoms with van der Waals surface area (Å²) in [5.74, 6) is 1.14. The van der Waals surface area contributed by atoms with Crippen molar-refractivity contribution in [2.24, 2.45) is 0 Å². The average Bonchev–Trinajstić information content (AvgIpc) is 3.23. The summed E-state index contributed by atoms with van der Waals surface area (Å²) in [6, 6.07) is 16.5. The Labute approximate surface area is 196 Å². The van der Waals surface area contributed by atoms with E-state index in [9.17, 15) is 4.79 Å². The molecule has 0 fully saturated rings. The monoisotopic (exact) mass is 461 g/mol. The highest BCUT2D eigenvalue weighted by atomic mass is 32.1. The van der Waals surface area contributed by atoms with Gasteiger partial charge in [-0.15, -0.1) is 0 Å². The molecule has 0 saturated carbocycles. The van der Waals surface area contributed by atoms with Crippen LogP contribution in [0.2, 0.25) is 0 Å². The third kappa shape index (κ3) is 4.80. The maximum absolute atomic E-state index is 12.6. The lowest BCUT2D eigenvalue weighted by molar-refractivity contribution is 0.0974. The van der Waals surface area contributed by atoms with Gasteiger partial charge in [-0.3, -0.25) is 10.1 Å². The minimum atomic E-state index is -0.388. The molecule has 1 heterocycles. The minimum Gasteiger partial charge on any atom is -0.497 e. The van der Waals surface area contributed by atoms with Gasteiger partial charge >= 0.3 is 0 Å². The number of carbonyl (C=O) groups is 1. The Bertz CT molecular complexity index is 1350. The number of ether oxygens (including phenoxy) is 2. The van der Waals surface area contributed by atoms with Gasteiger partial charge in [0.05, 0.1) is 19.8 Å². The highest BCUT2D eigenvalue weighted by Crippen LogP contribution is 2.28. The molecule has 1 amide bonds. The van der Waals surface area contributed by atoms with Gasteiger partial charge in [0.15, 0.2) is 10.7 Å². The molecule has 4 rings (SSSR count). The van der Waals surface area contributed by atoms with Gasteiger partial charge < -0.3 is 19.2 Å². The van der Waals surface area contributed by atoms with E-state index in [1.165, 1.54) is 7.11 Å². The topological polar surface area (TPSA) is 85.6 Å². The van der Waals surface area contributed by atoms with Crippen molar-refractivity contribution in [1.82, 2.24) is 10.3 Å². The second kappa shape index (κ2) is 9.30. The fourth-order valence-corrected chi connectivity index (χ4v) is 3.73. The van der Waals surface area contributed by atoms with Crippen LogP contribution in [0.15, 0.2) is 59.0 Å². The average molecular weight is 462 g/mol. The van der Waals surface area contributed by atoms with E-state index in [0.29, 0.717) is 28.6 Å². The Balaban J connectivity index is 1.44. The lowest BCUT2D eigenvalue weighted by atomic mass is 10.1. The van der Waals surface area contributed by atoms with E-state index in [1.54, 1.807) is 25.3 Å². The second-order valence-corrected chi connectivity index (χ2v) is 7.91. The van der Waals surface area contributed by atoms with E-state index in [1.807, 2.05) is 44.2 Å². The molecular formula is C25H23N3O4S. The number of oxazole rings is 1. The number of aryl methyl sites for hydroxylation is 2. The molecule has 168 valence electrons. The molecule has 0 radical (unpaired) electrons. The second-order valence-electron chi connectivity index (χ2n) is 7.50. The van der Waals surface area contributed by atoms with Crippen LogP contribution in [0.3, 0.4) is 0 Å². The summed E-state index contributed by atoms with van der Waals surface area (Å²) in [7, 11) is 3.04. The van der Waals surface area contributed by atoms with Gasteiger partial charge in [0.25, 0.3) is 5.91 Å². The van der Waals surface area contributed by atoms with Crippen LogP contribution < -0.4 is 20.1 Å². The zero-order chi connectivity index (χ0) is 23.5. The summed E-state index contributed by atoms with van der Waals surface area (Å²) >= 11 is 5.30. The summed E-state index contributed by atoms with van der Waals surface area (Å²) in [5, 5.41) is 5.83. The van der Waals surface area contributed by atoms with Crippen LogP contribution in [0, 0.1) is 13.8 Å². The minimum absolute atomic E-state index is 0.165. The first-order valence-corrected chi connectivity index (χ1v) is 10.6. The van der Waals surface area contributed by atoms with Gasteiger partial charge in [-0.25, -0.2) is 4.98 Å². The van der Waals surface area contributed by atoms with Crippen LogP contribution in [0.25, 0.3) is 22.6 Å². The first-order valence-electron chi connectivity index (χ1n) is 10.2. The standard InChI is InChI=1S/C25H23N3O4S/c1-14-11-15(2)22-20(12-14)27-24(32-22)16-5-7-17(8-6-16)26-25(33)28-23(29)19-10-9-18(30-3)13-21(19)31-4/h5-13H,1-4H3,(H2,26,28,29,33). The Morgan fingerprint density at radius 2 is 1.76 bits per heavy atom. The van der Waals surface area contributed by atoms with Gasteiger partial charge in [-0.2, -0.15) is 0 Å². The number of amides is 1. The Hall–Kier alpha value is -3.91. The van der Waals surface area contributed by atoms with Crippen LogP contribution in [-0.4, -0.2) is 30.2 Å². The highest BCUT2D eigenvalue weighted by Gasteiger charge is 2.15. The number of hydrogen-bond acceptors (Lipinski definition) is 6. The van der Waals surface area contributed by atoms with Crippen LogP contribution in [0.1, 0.15) is 21.5 Å². The molecule has 0 aliphatic rings. The first kappa shape index (κ1) is 22.3. The number of nitrogens with one attached hydrogen (secondary N) is 2. The van der Waals surface area contributed by atoms with Crippen LogP contribution >= 0.6 is 12.2 Å². The van der Waals surface area contributed by atoms with Crippen LogP contribution in [0.4, 0.5) is 5.69 Å². The van der Waals surface area contributed by atoms with Crippen molar-refractivity contribution >= 4 is 40.0 Å². The molecule has 1 aromatic heterocycles. The summed E-state index contributed by atoms with van der Waals surface area (Å²) in [5.41, 5.74) is 5.72. The molecule has 33 heavy (non-hydrogen) atoms. The molecule has 3 aromatic carbocycles. The Kier molecular flexibility index (Phi) is 6.28.